The third kappa shape index (κ3) is 3.59. The van der Waals surface area contributed by atoms with E-state index in [-0.39, 0.29) is 11.9 Å². The maximum Gasteiger partial charge on any atom is 0.248 e. The number of hydrogen-bond donors (Lipinski definition) is 4. The van der Waals surface area contributed by atoms with Crippen molar-refractivity contribution in [3.63, 3.8) is 0 Å². The molecular weight excluding hydrogens is 458 g/mol. The molecule has 0 spiro atoms. The zero-order chi connectivity index (χ0) is 25.0. The fraction of sp³-hybridized carbons (Fsp3) is 0.360. The van der Waals surface area contributed by atoms with Crippen molar-refractivity contribution in [2.24, 2.45) is 7.05 Å². The number of carbonyl (C=O) groups excluding carboxylic acids is 1. The highest BCUT2D eigenvalue weighted by molar-refractivity contribution is 6.07. The van der Waals surface area contributed by atoms with Gasteiger partial charge in [-0.25, -0.2) is 10.4 Å². The number of pyridine rings is 1. The number of aryl methyl sites for hydroxylation is 2. The molecule has 1 amide bonds. The maximum absolute atomic E-state index is 11.9. The van der Waals surface area contributed by atoms with E-state index < -0.39 is 6.61 Å². The number of nitrogens with one attached hydrogen (secondary N) is 3. The third-order valence-corrected chi connectivity index (χ3v) is 7.28. The number of likely N-dealkylation sites (tertiary alicyclic amines) is 1. The molecule has 3 aromatic heterocycles. The second-order valence-electron chi connectivity index (χ2n) is 9.49. The van der Waals surface area contributed by atoms with Crippen molar-refractivity contribution in [2.75, 3.05) is 31.6 Å². The van der Waals surface area contributed by atoms with E-state index in [0.717, 1.165) is 58.1 Å². The fourth-order valence-electron chi connectivity index (χ4n) is 5.38. The lowest BCUT2D eigenvalue weighted by molar-refractivity contribution is -0.135. The average molecular weight is 488 g/mol. The van der Waals surface area contributed by atoms with Gasteiger partial charge in [-0.15, -0.1) is 0 Å². The van der Waals surface area contributed by atoms with Crippen LogP contribution in [0.15, 0.2) is 42.6 Å². The maximum atomic E-state index is 11.9. The van der Waals surface area contributed by atoms with Crippen molar-refractivity contribution in [3.05, 3.63) is 59.3 Å². The molecule has 1 saturated heterocycles. The summed E-state index contributed by atoms with van der Waals surface area (Å²) in [5.41, 5.74) is 8.92. The molecule has 0 bridgehead atoms. The number of hydrogen-bond acceptors (Lipinski definition) is 7. The number of amidine groups is 1. The van der Waals surface area contributed by atoms with Crippen LogP contribution >= 0.6 is 0 Å². The molecule has 3 aromatic rings. The summed E-state index contributed by atoms with van der Waals surface area (Å²) < 4.78 is 3.98. The third-order valence-electron chi connectivity index (χ3n) is 7.28. The predicted octanol–water partition coefficient (Wildman–Crippen LogP) is 1.69. The van der Waals surface area contributed by atoms with Crippen molar-refractivity contribution >= 4 is 23.1 Å². The summed E-state index contributed by atoms with van der Waals surface area (Å²) in [4.78, 5) is 18.2. The van der Waals surface area contributed by atoms with Crippen LogP contribution in [0.2, 0.25) is 0 Å². The van der Waals surface area contributed by atoms with Crippen LogP contribution in [0.25, 0.3) is 17.0 Å². The first kappa shape index (κ1) is 22.5. The van der Waals surface area contributed by atoms with Gasteiger partial charge in [0.1, 0.15) is 23.9 Å². The number of aromatic nitrogens is 4. The lowest BCUT2D eigenvalue weighted by Gasteiger charge is -2.35. The van der Waals surface area contributed by atoms with Crippen molar-refractivity contribution < 1.29 is 9.90 Å². The van der Waals surface area contributed by atoms with Gasteiger partial charge < -0.3 is 19.9 Å². The number of hydrazine groups is 1. The topological polar surface area (TPSA) is 127 Å². The molecule has 186 valence electrons. The summed E-state index contributed by atoms with van der Waals surface area (Å²) >= 11 is 0. The number of anilines is 1. The minimum absolute atomic E-state index is 0.208. The molecule has 4 N–H and O–H groups in total. The summed E-state index contributed by atoms with van der Waals surface area (Å²) in [5, 5.41) is 28.0. The molecule has 1 fully saturated rings. The van der Waals surface area contributed by atoms with E-state index in [1.54, 1.807) is 9.58 Å². The number of carbonyl (C=O) groups is 1. The molecule has 6 heterocycles. The normalized spacial score (nSPS) is 17.9. The zero-order valence-electron chi connectivity index (χ0n) is 20.3. The van der Waals surface area contributed by atoms with Crippen LogP contribution in [0.5, 0.6) is 0 Å². The van der Waals surface area contributed by atoms with Crippen LogP contribution in [0, 0.1) is 12.3 Å². The Labute approximate surface area is 208 Å². The Balaban J connectivity index is 1.30. The molecule has 0 radical (unpaired) electrons. The van der Waals surface area contributed by atoms with E-state index in [0.29, 0.717) is 25.5 Å². The Morgan fingerprint density at radius 2 is 2.03 bits per heavy atom. The van der Waals surface area contributed by atoms with Gasteiger partial charge in [0.25, 0.3) is 0 Å². The summed E-state index contributed by atoms with van der Waals surface area (Å²) in [5.74, 6) is 1.95. The second-order valence-corrected chi connectivity index (χ2v) is 9.49. The van der Waals surface area contributed by atoms with Gasteiger partial charge in [0.2, 0.25) is 5.91 Å². The van der Waals surface area contributed by atoms with E-state index in [2.05, 4.69) is 31.6 Å². The number of aliphatic hydroxyl groups excluding tert-OH is 1. The Hall–Kier alpha value is -3.96. The number of piperidine rings is 1. The zero-order valence-corrected chi connectivity index (χ0v) is 20.3. The molecule has 3 aliphatic rings. The van der Waals surface area contributed by atoms with Crippen LogP contribution in [-0.2, 0) is 11.8 Å². The first-order valence-electron chi connectivity index (χ1n) is 12.1. The van der Waals surface area contributed by atoms with Crippen LogP contribution < -0.4 is 10.7 Å². The van der Waals surface area contributed by atoms with Crippen LogP contribution in [-0.4, -0.2) is 72.3 Å². The van der Waals surface area contributed by atoms with Crippen LogP contribution in [0.3, 0.4) is 0 Å². The molecule has 11 nitrogen and oxygen atoms in total. The van der Waals surface area contributed by atoms with E-state index >= 15 is 0 Å². The highest BCUT2D eigenvalue weighted by Gasteiger charge is 2.37. The highest BCUT2D eigenvalue weighted by atomic mass is 16.3. The monoisotopic (exact) mass is 487 g/mol. The van der Waals surface area contributed by atoms with E-state index in [1.165, 1.54) is 0 Å². The molecule has 36 heavy (non-hydrogen) atoms. The number of fused-ring (bicyclic) bond motifs is 2. The second kappa shape index (κ2) is 8.61. The molecule has 11 heteroatoms. The minimum atomic E-state index is -0.446. The van der Waals surface area contributed by atoms with Crippen LogP contribution in [0.1, 0.15) is 35.6 Å². The Kier molecular flexibility index (Phi) is 5.38. The number of nitrogens with zero attached hydrogens (tertiary/aromatic N) is 6. The van der Waals surface area contributed by atoms with Gasteiger partial charge in [0.05, 0.1) is 11.3 Å². The van der Waals surface area contributed by atoms with Gasteiger partial charge >= 0.3 is 0 Å². The summed E-state index contributed by atoms with van der Waals surface area (Å²) in [7, 11) is 1.89. The van der Waals surface area contributed by atoms with Crippen LogP contribution in [0.4, 0.5) is 5.82 Å². The molecule has 0 unspecified atom stereocenters. The first-order chi connectivity index (χ1) is 17.4. The Bertz CT molecular complexity index is 1380. The molecule has 0 saturated carbocycles. The van der Waals surface area contributed by atoms with Gasteiger partial charge in [-0.05, 0) is 37.5 Å². The van der Waals surface area contributed by atoms with Gasteiger partial charge in [-0.1, -0.05) is 6.07 Å². The van der Waals surface area contributed by atoms with Crippen molar-refractivity contribution in [3.8, 4) is 11.4 Å². The SMILES string of the molecule is Cc1cn(C2CCN(C(=O)CO)CC2)c2c1C(=N)N1NCC(c3ccc(-c4ccn(C)n4)nc3)=C1N2. The molecule has 3 aliphatic heterocycles. The Morgan fingerprint density at radius 1 is 1.22 bits per heavy atom. The summed E-state index contributed by atoms with van der Waals surface area (Å²) in [6, 6.07) is 6.17. The lowest BCUT2D eigenvalue weighted by Crippen LogP contribution is -2.43. The average Bonchev–Trinajstić information content (AvgIpc) is 3.61. The van der Waals surface area contributed by atoms with Gasteiger partial charge in [0, 0.05) is 62.5 Å². The molecule has 0 aliphatic carbocycles. The standard InChI is InChI=1S/C25H29N9O2/c1-15-13-33(17-5-9-32(10-6-17)21(36)14-35)25-22(15)23(26)34-24(29-25)18(12-28-34)16-3-4-19(27-11-16)20-7-8-31(2)30-20/h3-4,7-8,11,13,17,26,28-29,35H,5-6,9-10,12,14H2,1-2H3. The quantitative estimate of drug-likeness (QED) is 0.441. The summed E-state index contributed by atoms with van der Waals surface area (Å²) in [6.45, 7) is 3.40. The number of rotatable bonds is 4. The summed E-state index contributed by atoms with van der Waals surface area (Å²) in [6.07, 6.45) is 7.46. The van der Waals surface area contributed by atoms with E-state index in [1.807, 2.05) is 49.6 Å². The van der Waals surface area contributed by atoms with E-state index in [9.17, 15) is 9.90 Å². The minimum Gasteiger partial charge on any atom is -0.387 e. The van der Waals surface area contributed by atoms with Crippen molar-refractivity contribution in [1.82, 2.24) is 34.7 Å². The number of aliphatic hydroxyl groups is 1. The predicted molar refractivity (Wildman–Crippen MR) is 135 cm³/mol. The van der Waals surface area contributed by atoms with Gasteiger partial charge in [-0.2, -0.15) is 5.10 Å². The van der Waals surface area contributed by atoms with Crippen molar-refractivity contribution in [1.29, 1.82) is 5.41 Å². The largest absolute Gasteiger partial charge is 0.387 e. The molecular formula is C25H29N9O2. The van der Waals surface area contributed by atoms with Gasteiger partial charge in [-0.3, -0.25) is 19.9 Å². The van der Waals surface area contributed by atoms with Gasteiger partial charge in [0.15, 0.2) is 5.84 Å². The molecule has 0 atom stereocenters. The fourth-order valence-corrected chi connectivity index (χ4v) is 5.38. The Morgan fingerprint density at radius 3 is 2.69 bits per heavy atom. The number of amides is 1. The smallest absolute Gasteiger partial charge is 0.248 e. The first-order valence-corrected chi connectivity index (χ1v) is 12.1. The lowest BCUT2D eigenvalue weighted by atomic mass is 10.0. The molecule has 0 aromatic carbocycles. The van der Waals surface area contributed by atoms with Crippen molar-refractivity contribution in [2.45, 2.75) is 25.8 Å². The van der Waals surface area contributed by atoms with E-state index in [4.69, 9.17) is 5.41 Å². The molecule has 6 rings (SSSR count). The highest BCUT2D eigenvalue weighted by Crippen LogP contribution is 2.39.